The van der Waals surface area contributed by atoms with Gasteiger partial charge in [-0.15, -0.1) is 6.58 Å². The van der Waals surface area contributed by atoms with Crippen LogP contribution >= 0.6 is 23.2 Å². The number of hydrogen-bond acceptors (Lipinski definition) is 2. The van der Waals surface area contributed by atoms with Crippen LogP contribution in [-0.2, 0) is 0 Å². The van der Waals surface area contributed by atoms with Crippen LogP contribution in [0.1, 0.15) is 27.2 Å². The van der Waals surface area contributed by atoms with Gasteiger partial charge in [-0.05, 0) is 25.1 Å². The Bertz CT molecular complexity index is 453. The largest absolute Gasteiger partial charge is 0.237 e. The molecule has 0 aromatic heterocycles. The van der Waals surface area contributed by atoms with Crippen LogP contribution in [0.4, 0.5) is 5.69 Å². The van der Waals surface area contributed by atoms with Gasteiger partial charge in [0.1, 0.15) is 0 Å². The highest BCUT2D eigenvalue weighted by atomic mass is 35.5. The minimum Gasteiger partial charge on any atom is -0.237 e. The molecule has 1 aromatic carbocycles. The van der Waals surface area contributed by atoms with Crippen LogP contribution in [0.25, 0.3) is 0 Å². The molecule has 2 nitrogen and oxygen atoms in total. The SMILES string of the molecule is C=CCC(=C)N(/N=C\C)c1ccc(Cl)cc1Cl.CC. The van der Waals surface area contributed by atoms with Gasteiger partial charge in [-0.1, -0.05) is 49.7 Å². The molecule has 104 valence electrons. The number of hydrazone groups is 1. The van der Waals surface area contributed by atoms with E-state index in [1.165, 1.54) is 0 Å². The molecule has 0 aliphatic rings. The summed E-state index contributed by atoms with van der Waals surface area (Å²) in [4.78, 5) is 0. The van der Waals surface area contributed by atoms with Crippen molar-refractivity contribution >= 4 is 35.1 Å². The number of allylic oxidation sites excluding steroid dienone is 1. The summed E-state index contributed by atoms with van der Waals surface area (Å²) in [5, 5.41) is 7.04. The summed E-state index contributed by atoms with van der Waals surface area (Å²) >= 11 is 12.0. The molecular formula is C15H20Cl2N2. The van der Waals surface area contributed by atoms with E-state index in [-0.39, 0.29) is 0 Å². The zero-order valence-electron chi connectivity index (χ0n) is 11.7. The van der Waals surface area contributed by atoms with E-state index in [0.717, 1.165) is 11.4 Å². The summed E-state index contributed by atoms with van der Waals surface area (Å²) in [5.74, 6) is 0. The highest BCUT2D eigenvalue weighted by Gasteiger charge is 2.11. The molecule has 0 spiro atoms. The van der Waals surface area contributed by atoms with Gasteiger partial charge >= 0.3 is 0 Å². The van der Waals surface area contributed by atoms with Crippen molar-refractivity contribution in [2.24, 2.45) is 5.10 Å². The molecule has 0 heterocycles. The normalized spacial score (nSPS) is 9.74. The number of anilines is 1. The third kappa shape index (κ3) is 5.50. The zero-order valence-corrected chi connectivity index (χ0v) is 13.2. The summed E-state index contributed by atoms with van der Waals surface area (Å²) in [7, 11) is 0. The van der Waals surface area contributed by atoms with Crippen LogP contribution in [0.3, 0.4) is 0 Å². The van der Waals surface area contributed by atoms with Crippen LogP contribution < -0.4 is 5.01 Å². The molecule has 0 unspecified atom stereocenters. The smallest absolute Gasteiger partial charge is 0.0835 e. The first-order valence-corrected chi connectivity index (χ1v) is 6.88. The van der Waals surface area contributed by atoms with Crippen LogP contribution in [0, 0.1) is 0 Å². The van der Waals surface area contributed by atoms with Gasteiger partial charge in [-0.25, -0.2) is 5.01 Å². The van der Waals surface area contributed by atoms with Crippen molar-refractivity contribution in [3.05, 3.63) is 53.2 Å². The lowest BCUT2D eigenvalue weighted by Gasteiger charge is -2.21. The molecule has 0 aliphatic heterocycles. The Morgan fingerprint density at radius 2 is 2.00 bits per heavy atom. The molecule has 0 saturated heterocycles. The molecule has 0 saturated carbocycles. The third-order valence-electron chi connectivity index (χ3n) is 2.05. The summed E-state index contributed by atoms with van der Waals surface area (Å²) in [5.41, 5.74) is 1.54. The van der Waals surface area contributed by atoms with E-state index in [1.54, 1.807) is 29.4 Å². The van der Waals surface area contributed by atoms with E-state index >= 15 is 0 Å². The summed E-state index contributed by atoms with van der Waals surface area (Å²) in [6.45, 7) is 13.5. The molecule has 0 aliphatic carbocycles. The Hall–Kier alpha value is -1.25. The van der Waals surface area contributed by atoms with Gasteiger partial charge in [-0.2, -0.15) is 5.10 Å². The van der Waals surface area contributed by atoms with Gasteiger partial charge in [0.15, 0.2) is 0 Å². The van der Waals surface area contributed by atoms with Crippen LogP contribution in [0.5, 0.6) is 0 Å². The second-order valence-corrected chi connectivity index (χ2v) is 4.18. The molecule has 0 atom stereocenters. The van der Waals surface area contributed by atoms with Crippen LogP contribution in [-0.4, -0.2) is 6.21 Å². The highest BCUT2D eigenvalue weighted by Crippen LogP contribution is 2.31. The molecule has 0 fully saturated rings. The number of nitrogens with zero attached hydrogens (tertiary/aromatic N) is 2. The molecule has 0 amide bonds. The predicted octanol–water partition coefficient (Wildman–Crippen LogP) is 5.92. The quantitative estimate of drug-likeness (QED) is 0.374. The lowest BCUT2D eigenvalue weighted by atomic mass is 10.2. The Balaban J connectivity index is 0.00000154. The molecular weight excluding hydrogens is 279 g/mol. The Kier molecular flexibility index (Phi) is 9.02. The number of rotatable bonds is 5. The molecule has 4 heteroatoms. The first kappa shape index (κ1) is 17.8. The van der Waals surface area contributed by atoms with Gasteiger partial charge < -0.3 is 0 Å². The lowest BCUT2D eigenvalue weighted by Crippen LogP contribution is -2.14. The zero-order chi connectivity index (χ0) is 14.8. The summed E-state index contributed by atoms with van der Waals surface area (Å²) < 4.78 is 0. The number of benzene rings is 1. The fourth-order valence-electron chi connectivity index (χ4n) is 1.34. The van der Waals surface area contributed by atoms with Crippen molar-refractivity contribution < 1.29 is 0 Å². The second kappa shape index (κ2) is 9.65. The van der Waals surface area contributed by atoms with Gasteiger partial charge in [0.25, 0.3) is 0 Å². The maximum atomic E-state index is 6.14. The fraction of sp³-hybridized carbons (Fsp3) is 0.267. The molecule has 0 radical (unpaired) electrons. The van der Waals surface area contributed by atoms with Gasteiger partial charge in [0, 0.05) is 23.4 Å². The lowest BCUT2D eigenvalue weighted by molar-refractivity contribution is 0.965. The fourth-order valence-corrected chi connectivity index (χ4v) is 1.82. The van der Waals surface area contributed by atoms with E-state index in [2.05, 4.69) is 18.3 Å². The van der Waals surface area contributed by atoms with Gasteiger partial charge in [-0.3, -0.25) is 0 Å². The van der Waals surface area contributed by atoms with E-state index in [1.807, 2.05) is 26.8 Å². The summed E-state index contributed by atoms with van der Waals surface area (Å²) in [6, 6.07) is 5.26. The van der Waals surface area contributed by atoms with Crippen molar-refractivity contribution in [3.8, 4) is 0 Å². The second-order valence-electron chi connectivity index (χ2n) is 3.34. The van der Waals surface area contributed by atoms with Crippen molar-refractivity contribution in [2.45, 2.75) is 27.2 Å². The standard InChI is InChI=1S/C13H14Cl2N2.C2H6/c1-4-6-10(3)17(16-5-2)13-8-7-11(14)9-12(13)15;1-2/h4-5,7-9H,1,3,6H2,2H3;1-2H3/b16-5-;. The average molecular weight is 299 g/mol. The molecule has 19 heavy (non-hydrogen) atoms. The molecule has 1 rings (SSSR count). The Morgan fingerprint density at radius 1 is 1.37 bits per heavy atom. The van der Waals surface area contributed by atoms with Crippen molar-refractivity contribution in [3.63, 3.8) is 0 Å². The van der Waals surface area contributed by atoms with E-state index in [9.17, 15) is 0 Å². The highest BCUT2D eigenvalue weighted by molar-refractivity contribution is 6.36. The van der Waals surface area contributed by atoms with Crippen molar-refractivity contribution in [1.82, 2.24) is 0 Å². The predicted molar refractivity (Wildman–Crippen MR) is 88.4 cm³/mol. The molecule has 1 aromatic rings. The van der Waals surface area contributed by atoms with Gasteiger partial charge in [0.2, 0.25) is 0 Å². The van der Waals surface area contributed by atoms with E-state index in [0.29, 0.717) is 16.5 Å². The van der Waals surface area contributed by atoms with Crippen molar-refractivity contribution in [1.29, 1.82) is 0 Å². The maximum absolute atomic E-state index is 6.14. The van der Waals surface area contributed by atoms with E-state index in [4.69, 9.17) is 23.2 Å². The Labute approximate surface area is 126 Å². The minimum atomic E-state index is 0.535. The van der Waals surface area contributed by atoms with Crippen LogP contribution in [0.15, 0.2) is 48.2 Å². The number of hydrogen-bond donors (Lipinski definition) is 0. The van der Waals surface area contributed by atoms with Crippen LogP contribution in [0.2, 0.25) is 10.0 Å². The maximum Gasteiger partial charge on any atom is 0.0835 e. The minimum absolute atomic E-state index is 0.535. The van der Waals surface area contributed by atoms with Gasteiger partial charge in [0.05, 0.1) is 10.7 Å². The van der Waals surface area contributed by atoms with E-state index < -0.39 is 0 Å². The molecule has 0 N–H and O–H groups in total. The summed E-state index contributed by atoms with van der Waals surface area (Å²) in [6.07, 6.45) is 4.08. The monoisotopic (exact) mass is 298 g/mol. The molecule has 0 bridgehead atoms. The first-order valence-electron chi connectivity index (χ1n) is 6.12. The third-order valence-corrected chi connectivity index (χ3v) is 2.59. The topological polar surface area (TPSA) is 15.6 Å². The Morgan fingerprint density at radius 3 is 2.47 bits per heavy atom. The average Bonchev–Trinajstić information content (AvgIpc) is 2.39. The number of halogens is 2. The first-order chi connectivity index (χ1) is 9.10. The van der Waals surface area contributed by atoms with Crippen molar-refractivity contribution in [2.75, 3.05) is 5.01 Å².